The van der Waals surface area contributed by atoms with Crippen LogP contribution in [0.25, 0.3) is 16.7 Å². The van der Waals surface area contributed by atoms with Gasteiger partial charge in [-0.1, -0.05) is 72.4 Å². The normalized spacial score (nSPS) is 11.1. The lowest BCUT2D eigenvalue weighted by atomic mass is 10.1. The summed E-state index contributed by atoms with van der Waals surface area (Å²) in [5.41, 5.74) is 6.02. The van der Waals surface area contributed by atoms with Gasteiger partial charge in [0.1, 0.15) is 5.82 Å². The van der Waals surface area contributed by atoms with Gasteiger partial charge < -0.3 is 0 Å². The highest BCUT2D eigenvalue weighted by molar-refractivity contribution is 7.98. The number of fused-ring (bicyclic) bond motifs is 1. The number of aromatic nitrogens is 5. The smallest absolute Gasteiger partial charge is 0.196 e. The van der Waals surface area contributed by atoms with Crippen molar-refractivity contribution >= 4 is 22.8 Å². The summed E-state index contributed by atoms with van der Waals surface area (Å²) >= 11 is 1.64. The van der Waals surface area contributed by atoms with Crippen LogP contribution in [0.3, 0.4) is 0 Å². The zero-order valence-corrected chi connectivity index (χ0v) is 18.0. The molecule has 0 radical (unpaired) electrons. The van der Waals surface area contributed by atoms with Crippen LogP contribution in [-0.2, 0) is 12.2 Å². The zero-order valence-electron chi connectivity index (χ0n) is 17.1. The third kappa shape index (κ3) is 4.20. The Kier molecular flexibility index (Phi) is 5.46. The average molecular weight is 424 g/mol. The van der Waals surface area contributed by atoms with Crippen molar-refractivity contribution in [3.05, 3.63) is 108 Å². The fraction of sp³-hybridized carbons (Fsp3) is 0.120. The van der Waals surface area contributed by atoms with Gasteiger partial charge in [-0.3, -0.25) is 4.57 Å². The Balaban J connectivity index is 1.47. The summed E-state index contributed by atoms with van der Waals surface area (Å²) in [5, 5.41) is 9.91. The Morgan fingerprint density at radius 2 is 1.39 bits per heavy atom. The van der Waals surface area contributed by atoms with Crippen LogP contribution >= 0.6 is 11.8 Å². The minimum Gasteiger partial charge on any atom is -0.274 e. The molecule has 0 bridgehead atoms. The highest BCUT2D eigenvalue weighted by Gasteiger charge is 2.16. The minimum absolute atomic E-state index is 0.681. The predicted octanol–water partition coefficient (Wildman–Crippen LogP) is 5.40. The first kappa shape index (κ1) is 19.5. The number of nitrogens with zero attached hydrogens (tertiary/aromatic N) is 5. The number of aryl methyl sites for hydroxylation is 1. The maximum absolute atomic E-state index is 4.83. The summed E-state index contributed by atoms with van der Waals surface area (Å²) in [6.07, 6.45) is 0.720. The lowest BCUT2D eigenvalue weighted by Crippen LogP contribution is -2.04. The molecule has 5 rings (SSSR count). The van der Waals surface area contributed by atoms with Gasteiger partial charge in [-0.05, 0) is 36.8 Å². The second-order valence-electron chi connectivity index (χ2n) is 7.27. The van der Waals surface area contributed by atoms with Crippen molar-refractivity contribution in [1.29, 1.82) is 0 Å². The van der Waals surface area contributed by atoms with Crippen molar-refractivity contribution in [2.75, 3.05) is 0 Å². The lowest BCUT2D eigenvalue weighted by Gasteiger charge is -2.11. The maximum atomic E-state index is 4.83. The average Bonchev–Trinajstić information content (AvgIpc) is 3.21. The first-order valence-electron chi connectivity index (χ1n) is 10.2. The van der Waals surface area contributed by atoms with Gasteiger partial charge in [-0.15, -0.1) is 10.2 Å². The molecule has 0 N–H and O–H groups in total. The second-order valence-corrected chi connectivity index (χ2v) is 8.21. The van der Waals surface area contributed by atoms with Crippen LogP contribution in [0.1, 0.15) is 22.8 Å². The van der Waals surface area contributed by atoms with E-state index in [-0.39, 0.29) is 0 Å². The molecule has 31 heavy (non-hydrogen) atoms. The lowest BCUT2D eigenvalue weighted by molar-refractivity contribution is 0.847. The van der Waals surface area contributed by atoms with Gasteiger partial charge in [0, 0.05) is 17.9 Å². The summed E-state index contributed by atoms with van der Waals surface area (Å²) in [5.74, 6) is 1.60. The van der Waals surface area contributed by atoms with Crippen LogP contribution in [0.5, 0.6) is 0 Å². The Morgan fingerprint density at radius 1 is 0.742 bits per heavy atom. The molecule has 5 aromatic rings. The van der Waals surface area contributed by atoms with E-state index in [1.165, 1.54) is 5.56 Å². The van der Waals surface area contributed by atoms with E-state index in [4.69, 9.17) is 9.97 Å². The van der Waals surface area contributed by atoms with E-state index in [0.29, 0.717) is 5.75 Å². The Morgan fingerprint density at radius 3 is 2.13 bits per heavy atom. The summed E-state index contributed by atoms with van der Waals surface area (Å²) < 4.78 is 2.14. The molecule has 0 aliphatic carbocycles. The first-order valence-corrected chi connectivity index (χ1v) is 11.2. The van der Waals surface area contributed by atoms with Gasteiger partial charge >= 0.3 is 0 Å². The quantitative estimate of drug-likeness (QED) is 0.342. The molecule has 0 saturated carbocycles. The van der Waals surface area contributed by atoms with Gasteiger partial charge in [0.2, 0.25) is 0 Å². The van der Waals surface area contributed by atoms with Crippen LogP contribution in [0, 0.1) is 6.92 Å². The third-order valence-corrected chi connectivity index (χ3v) is 6.04. The van der Waals surface area contributed by atoms with Crippen LogP contribution < -0.4 is 0 Å². The molecule has 0 unspecified atom stereocenters. The van der Waals surface area contributed by atoms with Gasteiger partial charge in [0.25, 0.3) is 0 Å². The first-order chi connectivity index (χ1) is 15.3. The molecule has 0 fully saturated rings. The number of benzene rings is 3. The van der Waals surface area contributed by atoms with Gasteiger partial charge in [0.05, 0.1) is 22.4 Å². The summed E-state index contributed by atoms with van der Waals surface area (Å²) in [6, 6.07) is 28.6. The van der Waals surface area contributed by atoms with Crippen LogP contribution in [0.2, 0.25) is 0 Å². The summed E-state index contributed by atoms with van der Waals surface area (Å²) in [4.78, 5) is 9.54. The Labute approximate surface area is 185 Å². The highest BCUT2D eigenvalue weighted by atomic mass is 32.2. The fourth-order valence-electron chi connectivity index (χ4n) is 3.52. The van der Waals surface area contributed by atoms with E-state index < -0.39 is 0 Å². The molecule has 3 aromatic carbocycles. The topological polar surface area (TPSA) is 56.5 Å². The second kappa shape index (κ2) is 8.70. The number of thioether (sulfide) groups is 1. The summed E-state index contributed by atoms with van der Waals surface area (Å²) in [7, 11) is 0. The summed E-state index contributed by atoms with van der Waals surface area (Å²) in [6.45, 7) is 2.01. The van der Waals surface area contributed by atoms with Crippen molar-refractivity contribution in [2.45, 2.75) is 24.3 Å². The van der Waals surface area contributed by atoms with Crippen molar-refractivity contribution in [2.24, 2.45) is 0 Å². The molecule has 0 atom stereocenters. The number of para-hydroxylation sites is 3. The molecule has 0 aliphatic heterocycles. The van der Waals surface area contributed by atoms with E-state index in [0.717, 1.165) is 45.5 Å². The van der Waals surface area contributed by atoms with E-state index in [2.05, 4.69) is 51.2 Å². The molecular weight excluding hydrogens is 402 g/mol. The number of hydrogen-bond acceptors (Lipinski definition) is 5. The number of hydrogen-bond donors (Lipinski definition) is 0. The van der Waals surface area contributed by atoms with E-state index in [1.807, 2.05) is 55.5 Å². The Hall–Kier alpha value is -3.51. The monoisotopic (exact) mass is 423 g/mol. The third-order valence-electron chi connectivity index (χ3n) is 5.10. The van der Waals surface area contributed by atoms with Crippen LogP contribution in [0.4, 0.5) is 0 Å². The molecule has 2 aromatic heterocycles. The van der Waals surface area contributed by atoms with E-state index in [9.17, 15) is 0 Å². The largest absolute Gasteiger partial charge is 0.274 e. The van der Waals surface area contributed by atoms with Crippen molar-refractivity contribution in [3.8, 4) is 5.69 Å². The van der Waals surface area contributed by atoms with E-state index in [1.54, 1.807) is 11.8 Å². The SMILES string of the molecule is Cc1nc2ccccc2nc1CSc1nnc(Cc2ccccc2)n1-c1ccccc1. The molecule has 0 spiro atoms. The van der Waals surface area contributed by atoms with Gasteiger partial charge in [0.15, 0.2) is 5.16 Å². The van der Waals surface area contributed by atoms with Crippen molar-refractivity contribution < 1.29 is 0 Å². The van der Waals surface area contributed by atoms with Crippen molar-refractivity contribution in [3.63, 3.8) is 0 Å². The number of rotatable bonds is 6. The standard InChI is InChI=1S/C25H21N5S/c1-18-23(27-22-15-9-8-14-21(22)26-18)17-31-25-29-28-24(16-19-10-4-2-5-11-19)30(25)20-12-6-3-7-13-20/h2-15H,16-17H2,1H3. The molecule has 6 heteroatoms. The van der Waals surface area contributed by atoms with Crippen molar-refractivity contribution in [1.82, 2.24) is 24.7 Å². The van der Waals surface area contributed by atoms with Crippen LogP contribution in [0.15, 0.2) is 90.1 Å². The molecule has 0 aliphatic rings. The molecule has 2 heterocycles. The molecular formula is C25H21N5S. The van der Waals surface area contributed by atoms with Gasteiger partial charge in [-0.25, -0.2) is 9.97 Å². The fourth-order valence-corrected chi connectivity index (χ4v) is 4.50. The molecule has 152 valence electrons. The van der Waals surface area contributed by atoms with Crippen LogP contribution in [-0.4, -0.2) is 24.7 Å². The predicted molar refractivity (Wildman–Crippen MR) is 124 cm³/mol. The van der Waals surface area contributed by atoms with E-state index >= 15 is 0 Å². The molecule has 5 nitrogen and oxygen atoms in total. The minimum atomic E-state index is 0.681. The van der Waals surface area contributed by atoms with Gasteiger partial charge in [-0.2, -0.15) is 0 Å². The Bertz CT molecular complexity index is 1320. The zero-order chi connectivity index (χ0) is 21.0. The highest BCUT2D eigenvalue weighted by Crippen LogP contribution is 2.27. The molecule has 0 amide bonds. The molecule has 0 saturated heterocycles. The maximum Gasteiger partial charge on any atom is 0.196 e.